The molecule has 5 nitrogen and oxygen atoms in total. The molecule has 0 unspecified atom stereocenters. The smallest absolute Gasteiger partial charge is 0.263 e. The van der Waals surface area contributed by atoms with E-state index >= 15 is 0 Å². The molecular formula is C15H22N2O3. The van der Waals surface area contributed by atoms with E-state index in [-0.39, 0.29) is 23.1 Å². The number of aromatic nitrogens is 1. The van der Waals surface area contributed by atoms with Gasteiger partial charge in [0.2, 0.25) is 0 Å². The molecule has 0 bridgehead atoms. The first kappa shape index (κ1) is 14.8. The molecule has 2 rings (SSSR count). The Bertz CT molecular complexity index is 577. The molecule has 0 spiro atoms. The number of nitrogens with zero attached hydrogens (tertiary/aromatic N) is 2. The molecule has 0 aromatic carbocycles. The molecule has 0 saturated carbocycles. The van der Waals surface area contributed by atoms with Crippen molar-refractivity contribution < 1.29 is 9.90 Å². The van der Waals surface area contributed by atoms with Crippen molar-refractivity contribution in [1.29, 1.82) is 0 Å². The first-order chi connectivity index (χ1) is 9.41. The number of likely N-dealkylation sites (tertiary alicyclic amines) is 1. The maximum Gasteiger partial charge on any atom is 0.263 e. The molecule has 0 aliphatic carbocycles. The van der Waals surface area contributed by atoms with Gasteiger partial charge in [0.25, 0.3) is 11.5 Å². The van der Waals surface area contributed by atoms with Crippen molar-refractivity contribution in [2.45, 2.75) is 39.2 Å². The summed E-state index contributed by atoms with van der Waals surface area (Å²) in [5.41, 5.74) is 1.79. The highest BCUT2D eigenvalue weighted by Crippen LogP contribution is 2.14. The van der Waals surface area contributed by atoms with Gasteiger partial charge in [-0.1, -0.05) is 0 Å². The average Bonchev–Trinajstić information content (AvgIpc) is 2.64. The molecule has 1 N–H and O–H groups in total. The highest BCUT2D eigenvalue weighted by molar-refractivity contribution is 5.94. The van der Waals surface area contributed by atoms with Crippen LogP contribution in [0.4, 0.5) is 0 Å². The first-order valence-electron chi connectivity index (χ1n) is 7.06. The zero-order valence-corrected chi connectivity index (χ0v) is 12.3. The van der Waals surface area contributed by atoms with Crippen molar-refractivity contribution >= 4 is 5.91 Å². The lowest BCUT2D eigenvalue weighted by Crippen LogP contribution is -2.37. The number of amides is 1. The van der Waals surface area contributed by atoms with Crippen LogP contribution in [-0.4, -0.2) is 39.7 Å². The van der Waals surface area contributed by atoms with Crippen molar-refractivity contribution in [2.75, 3.05) is 13.1 Å². The van der Waals surface area contributed by atoms with Crippen LogP contribution in [0.15, 0.2) is 10.9 Å². The van der Waals surface area contributed by atoms with E-state index in [1.54, 1.807) is 18.0 Å². The van der Waals surface area contributed by atoms with E-state index in [1.807, 2.05) is 13.8 Å². The van der Waals surface area contributed by atoms with Gasteiger partial charge in [-0.05, 0) is 44.7 Å². The minimum atomic E-state index is -0.338. The van der Waals surface area contributed by atoms with Crippen LogP contribution in [0.25, 0.3) is 0 Å². The zero-order chi connectivity index (χ0) is 14.9. The minimum absolute atomic E-state index is 0.220. The lowest BCUT2D eigenvalue weighted by Gasteiger charge is -2.21. The number of carbonyl (C=O) groups is 1. The number of hydrogen-bond acceptors (Lipinski definition) is 3. The second-order valence-electron chi connectivity index (χ2n) is 5.57. The Morgan fingerprint density at radius 3 is 2.70 bits per heavy atom. The molecule has 1 saturated heterocycles. The summed E-state index contributed by atoms with van der Waals surface area (Å²) in [6.07, 6.45) is 1.74. The quantitative estimate of drug-likeness (QED) is 0.833. The summed E-state index contributed by atoms with van der Waals surface area (Å²) in [6, 6.07) is 1.68. The van der Waals surface area contributed by atoms with E-state index in [1.165, 1.54) is 4.57 Å². The maximum atomic E-state index is 12.5. The fraction of sp³-hybridized carbons (Fsp3) is 0.600. The normalized spacial score (nSPS) is 19.8. The lowest BCUT2D eigenvalue weighted by atomic mass is 10.1. The standard InChI is InChI=1S/C15H22N2O3/c1-10-9-13(14(19)16(3)11(10)2)15(20)17-7-4-5-12(18)6-8-17/h9,12,18H,4-8H2,1-3H3/t12-/m1/s1. The highest BCUT2D eigenvalue weighted by atomic mass is 16.3. The van der Waals surface area contributed by atoms with Crippen molar-refractivity contribution in [3.63, 3.8) is 0 Å². The predicted molar refractivity (Wildman–Crippen MR) is 76.9 cm³/mol. The number of pyridine rings is 1. The predicted octanol–water partition coefficient (Wildman–Crippen LogP) is 0.989. The molecule has 1 aliphatic rings. The maximum absolute atomic E-state index is 12.5. The van der Waals surface area contributed by atoms with Gasteiger partial charge in [-0.25, -0.2) is 0 Å². The Kier molecular flexibility index (Phi) is 4.28. The van der Waals surface area contributed by atoms with Crippen LogP contribution < -0.4 is 5.56 Å². The second kappa shape index (κ2) is 5.79. The van der Waals surface area contributed by atoms with Gasteiger partial charge in [0, 0.05) is 25.8 Å². The van der Waals surface area contributed by atoms with Crippen LogP contribution in [0, 0.1) is 13.8 Å². The van der Waals surface area contributed by atoms with Gasteiger partial charge in [0.1, 0.15) is 5.56 Å². The average molecular weight is 278 g/mol. The van der Waals surface area contributed by atoms with E-state index in [9.17, 15) is 14.7 Å². The fourth-order valence-electron chi connectivity index (χ4n) is 2.59. The van der Waals surface area contributed by atoms with Crippen LogP contribution in [0.3, 0.4) is 0 Å². The van der Waals surface area contributed by atoms with Crippen molar-refractivity contribution in [1.82, 2.24) is 9.47 Å². The van der Waals surface area contributed by atoms with E-state index < -0.39 is 0 Å². The van der Waals surface area contributed by atoms with Gasteiger partial charge in [0.05, 0.1) is 6.10 Å². The van der Waals surface area contributed by atoms with E-state index in [2.05, 4.69) is 0 Å². The first-order valence-corrected chi connectivity index (χ1v) is 7.06. The summed E-state index contributed by atoms with van der Waals surface area (Å²) in [6.45, 7) is 4.88. The van der Waals surface area contributed by atoms with Gasteiger partial charge < -0.3 is 14.6 Å². The molecule has 1 aliphatic heterocycles. The summed E-state index contributed by atoms with van der Waals surface area (Å²) >= 11 is 0. The minimum Gasteiger partial charge on any atom is -0.393 e. The number of carbonyl (C=O) groups excluding carboxylic acids is 1. The van der Waals surface area contributed by atoms with Gasteiger partial charge in [-0.2, -0.15) is 0 Å². The number of aliphatic hydroxyl groups is 1. The summed E-state index contributed by atoms with van der Waals surface area (Å²) < 4.78 is 1.52. The van der Waals surface area contributed by atoms with E-state index in [4.69, 9.17) is 0 Å². The summed E-state index contributed by atoms with van der Waals surface area (Å²) in [5.74, 6) is -0.220. The number of rotatable bonds is 1. The molecule has 2 heterocycles. The topological polar surface area (TPSA) is 62.5 Å². The van der Waals surface area contributed by atoms with Crippen LogP contribution >= 0.6 is 0 Å². The van der Waals surface area contributed by atoms with Crippen molar-refractivity contribution in [3.8, 4) is 0 Å². The molecule has 1 aromatic rings. The molecule has 5 heteroatoms. The van der Waals surface area contributed by atoms with Gasteiger partial charge >= 0.3 is 0 Å². The zero-order valence-electron chi connectivity index (χ0n) is 12.3. The van der Waals surface area contributed by atoms with Crippen LogP contribution in [-0.2, 0) is 7.05 Å². The largest absolute Gasteiger partial charge is 0.393 e. The molecule has 1 aromatic heterocycles. The van der Waals surface area contributed by atoms with Gasteiger partial charge in [-0.15, -0.1) is 0 Å². The molecule has 110 valence electrons. The summed E-state index contributed by atoms with van der Waals surface area (Å²) in [4.78, 5) is 26.5. The lowest BCUT2D eigenvalue weighted by molar-refractivity contribution is 0.0750. The van der Waals surface area contributed by atoms with Crippen molar-refractivity contribution in [2.24, 2.45) is 7.05 Å². The van der Waals surface area contributed by atoms with Gasteiger partial charge in [-0.3, -0.25) is 9.59 Å². The Morgan fingerprint density at radius 1 is 1.30 bits per heavy atom. The van der Waals surface area contributed by atoms with Crippen molar-refractivity contribution in [3.05, 3.63) is 33.2 Å². The van der Waals surface area contributed by atoms with Crippen LogP contribution in [0.5, 0.6) is 0 Å². The number of hydrogen-bond donors (Lipinski definition) is 1. The van der Waals surface area contributed by atoms with Crippen LogP contribution in [0.1, 0.15) is 40.9 Å². The Hall–Kier alpha value is -1.62. The number of aliphatic hydroxyl groups excluding tert-OH is 1. The molecule has 0 radical (unpaired) electrons. The van der Waals surface area contributed by atoms with Crippen LogP contribution in [0.2, 0.25) is 0 Å². The second-order valence-corrected chi connectivity index (χ2v) is 5.57. The fourth-order valence-corrected chi connectivity index (χ4v) is 2.59. The molecule has 1 atom stereocenters. The molecule has 1 fully saturated rings. The molecule has 1 amide bonds. The highest BCUT2D eigenvalue weighted by Gasteiger charge is 2.23. The SMILES string of the molecule is Cc1cc(C(=O)N2CCC[C@@H](O)CC2)c(=O)n(C)c1C. The molecule has 20 heavy (non-hydrogen) atoms. The molecular weight excluding hydrogens is 256 g/mol. The third-order valence-corrected chi connectivity index (χ3v) is 4.18. The Balaban J connectivity index is 2.32. The van der Waals surface area contributed by atoms with Gasteiger partial charge in [0.15, 0.2) is 0 Å². The van der Waals surface area contributed by atoms with E-state index in [0.717, 1.165) is 17.7 Å². The third-order valence-electron chi connectivity index (χ3n) is 4.18. The Morgan fingerprint density at radius 2 is 2.00 bits per heavy atom. The Labute approximate surface area is 118 Å². The third kappa shape index (κ3) is 2.77. The summed E-state index contributed by atoms with van der Waals surface area (Å²) in [5, 5.41) is 9.63. The monoisotopic (exact) mass is 278 g/mol. The number of aryl methyl sites for hydroxylation is 1. The summed E-state index contributed by atoms with van der Waals surface area (Å²) in [7, 11) is 1.69. The van der Waals surface area contributed by atoms with E-state index in [0.29, 0.717) is 25.9 Å².